The molecule has 248 valence electrons. The number of nitrogens with one attached hydrogen (secondary N) is 3. The van der Waals surface area contributed by atoms with Crippen molar-refractivity contribution in [1.82, 2.24) is 20.2 Å². The Bertz CT molecular complexity index is 1740. The van der Waals surface area contributed by atoms with E-state index in [2.05, 4.69) is 37.7 Å². The molecule has 5 rings (SSSR count). The third-order valence-electron chi connectivity index (χ3n) is 8.73. The second-order valence-electron chi connectivity index (χ2n) is 11.7. The lowest BCUT2D eigenvalue weighted by atomic mass is 10.1. The van der Waals surface area contributed by atoms with Crippen LogP contribution in [0.4, 0.5) is 36.3 Å². The summed E-state index contributed by atoms with van der Waals surface area (Å²) >= 11 is 0. The molecule has 1 saturated carbocycles. The van der Waals surface area contributed by atoms with Gasteiger partial charge in [-0.15, -0.1) is 0 Å². The van der Waals surface area contributed by atoms with Crippen LogP contribution in [0.1, 0.15) is 53.2 Å². The summed E-state index contributed by atoms with van der Waals surface area (Å²) in [4.78, 5) is 23.5. The van der Waals surface area contributed by atoms with Gasteiger partial charge in [0.2, 0.25) is 16.0 Å². The SMILES string of the molecule is CCN1CCCC12C[C@H]2NC(=O)c1ccc(Nc2ncc(C(F)(F)F)c(NCc3ccc(C)cc3N(C)S(C)(=O)=O)n2)c(OC)c1. The summed E-state index contributed by atoms with van der Waals surface area (Å²) in [7, 11) is -0.830. The molecule has 1 spiro atoms. The van der Waals surface area contributed by atoms with Crippen LogP contribution >= 0.6 is 0 Å². The van der Waals surface area contributed by atoms with Crippen molar-refractivity contribution in [2.75, 3.05) is 48.4 Å². The number of carbonyl (C=O) groups excluding carboxylic acids is 1. The van der Waals surface area contributed by atoms with Crippen LogP contribution in [0.15, 0.2) is 42.6 Å². The van der Waals surface area contributed by atoms with Gasteiger partial charge in [0, 0.05) is 36.9 Å². The normalized spacial score (nSPS) is 19.6. The van der Waals surface area contributed by atoms with Gasteiger partial charge >= 0.3 is 6.18 Å². The van der Waals surface area contributed by atoms with Crippen molar-refractivity contribution in [3.8, 4) is 5.75 Å². The van der Waals surface area contributed by atoms with Crippen LogP contribution in [0.5, 0.6) is 5.75 Å². The highest BCUT2D eigenvalue weighted by Gasteiger charge is 2.60. The number of alkyl halides is 3. The summed E-state index contributed by atoms with van der Waals surface area (Å²) in [5, 5.41) is 8.73. The highest BCUT2D eigenvalue weighted by molar-refractivity contribution is 7.92. The summed E-state index contributed by atoms with van der Waals surface area (Å²) in [6.07, 6.45) is 0.0444. The number of ether oxygens (including phenoxy) is 1. The molecule has 2 aromatic carbocycles. The lowest BCUT2D eigenvalue weighted by molar-refractivity contribution is -0.137. The molecule has 1 aliphatic carbocycles. The standard InChI is InChI=1S/C31H38F3N7O4S/c1-6-41-13-7-12-30(41)16-26(30)38-28(42)20-10-11-23(25(15-20)45-4)37-29-36-18-22(31(32,33)34)27(39-29)35-17-21-9-8-19(2)14-24(21)40(3)46(5,43)44/h8-11,14-15,18,26H,6-7,12-13,16-17H2,1-5H3,(H,38,42)(H2,35,36,37,39)/t26-,30?/m1/s1. The third kappa shape index (κ3) is 6.84. The number of halogens is 3. The number of anilines is 4. The number of nitrogens with zero attached hydrogens (tertiary/aromatic N) is 4. The van der Waals surface area contributed by atoms with Gasteiger partial charge in [-0.3, -0.25) is 14.0 Å². The van der Waals surface area contributed by atoms with Crippen LogP contribution in [0.2, 0.25) is 0 Å². The van der Waals surface area contributed by atoms with Crippen molar-refractivity contribution in [3.05, 3.63) is 64.8 Å². The second kappa shape index (κ2) is 12.6. The first-order valence-corrected chi connectivity index (χ1v) is 16.7. The predicted octanol–water partition coefficient (Wildman–Crippen LogP) is 4.92. The maximum absolute atomic E-state index is 13.9. The molecule has 3 N–H and O–H groups in total. The Labute approximate surface area is 266 Å². The molecular formula is C31H38F3N7O4S. The zero-order valence-electron chi connectivity index (χ0n) is 26.3. The van der Waals surface area contributed by atoms with Gasteiger partial charge in [-0.1, -0.05) is 19.1 Å². The number of hydrogen-bond acceptors (Lipinski definition) is 9. The predicted molar refractivity (Wildman–Crippen MR) is 170 cm³/mol. The van der Waals surface area contributed by atoms with E-state index in [1.54, 1.807) is 43.3 Å². The number of aromatic nitrogens is 2. The van der Waals surface area contributed by atoms with Crippen molar-refractivity contribution in [2.45, 2.75) is 57.4 Å². The van der Waals surface area contributed by atoms with Gasteiger partial charge in [-0.2, -0.15) is 18.2 Å². The number of methoxy groups -OCH3 is 1. The van der Waals surface area contributed by atoms with E-state index in [4.69, 9.17) is 4.74 Å². The molecule has 0 radical (unpaired) electrons. The van der Waals surface area contributed by atoms with E-state index < -0.39 is 27.6 Å². The van der Waals surface area contributed by atoms with Crippen molar-refractivity contribution in [1.29, 1.82) is 0 Å². The average Bonchev–Trinajstić information content (AvgIpc) is 3.51. The highest BCUT2D eigenvalue weighted by atomic mass is 32.2. The number of likely N-dealkylation sites (tertiary alicyclic amines) is 1. The Morgan fingerprint density at radius 1 is 1.22 bits per heavy atom. The van der Waals surface area contributed by atoms with Crippen LogP contribution in [-0.4, -0.2) is 74.3 Å². The topological polar surface area (TPSA) is 129 Å². The molecule has 15 heteroatoms. The number of amides is 1. The van der Waals surface area contributed by atoms with Crippen LogP contribution in [0, 0.1) is 6.92 Å². The Balaban J connectivity index is 1.35. The zero-order valence-corrected chi connectivity index (χ0v) is 27.1. The van der Waals surface area contributed by atoms with E-state index in [0.717, 1.165) is 48.5 Å². The summed E-state index contributed by atoms with van der Waals surface area (Å²) in [5.41, 5.74) is 1.24. The second-order valence-corrected chi connectivity index (χ2v) is 13.7. The fraction of sp³-hybridized carbons (Fsp3) is 0.452. The highest BCUT2D eigenvalue weighted by Crippen LogP contribution is 2.49. The number of rotatable bonds is 11. The van der Waals surface area contributed by atoms with Gasteiger partial charge in [0.25, 0.3) is 5.91 Å². The van der Waals surface area contributed by atoms with Gasteiger partial charge in [-0.05, 0) is 74.7 Å². The Morgan fingerprint density at radius 3 is 2.65 bits per heavy atom. The number of hydrogen-bond donors (Lipinski definition) is 3. The van der Waals surface area contributed by atoms with Crippen molar-refractivity contribution >= 4 is 39.1 Å². The Morgan fingerprint density at radius 2 is 1.98 bits per heavy atom. The summed E-state index contributed by atoms with van der Waals surface area (Å²) < 4.78 is 72.8. The lowest BCUT2D eigenvalue weighted by Crippen LogP contribution is -2.40. The zero-order chi connectivity index (χ0) is 33.4. The molecule has 3 aromatic rings. The van der Waals surface area contributed by atoms with Gasteiger partial charge in [0.15, 0.2) is 0 Å². The van der Waals surface area contributed by atoms with E-state index in [1.165, 1.54) is 14.2 Å². The lowest BCUT2D eigenvalue weighted by Gasteiger charge is -2.23. The largest absolute Gasteiger partial charge is 0.495 e. The van der Waals surface area contributed by atoms with E-state index >= 15 is 0 Å². The molecule has 2 heterocycles. The summed E-state index contributed by atoms with van der Waals surface area (Å²) in [6, 6.07) is 9.84. The van der Waals surface area contributed by atoms with Crippen LogP contribution in [-0.2, 0) is 22.7 Å². The molecule has 46 heavy (non-hydrogen) atoms. The Hall–Kier alpha value is -4.11. The number of aryl methyl sites for hydroxylation is 1. The molecular weight excluding hydrogens is 623 g/mol. The minimum Gasteiger partial charge on any atom is -0.495 e. The fourth-order valence-corrected chi connectivity index (χ4v) is 6.62. The van der Waals surface area contributed by atoms with Crippen molar-refractivity contribution in [2.24, 2.45) is 0 Å². The smallest absolute Gasteiger partial charge is 0.421 e. The molecule has 2 aliphatic rings. The molecule has 1 aliphatic heterocycles. The number of likely N-dealkylation sites (N-methyl/N-ethyl adjacent to an activating group) is 1. The molecule has 1 saturated heterocycles. The number of sulfonamides is 1. The van der Waals surface area contributed by atoms with Crippen molar-refractivity contribution in [3.63, 3.8) is 0 Å². The van der Waals surface area contributed by atoms with E-state index in [9.17, 15) is 26.4 Å². The number of benzene rings is 2. The van der Waals surface area contributed by atoms with Gasteiger partial charge < -0.3 is 20.7 Å². The molecule has 1 amide bonds. The first-order valence-electron chi connectivity index (χ1n) is 14.9. The van der Waals surface area contributed by atoms with Crippen LogP contribution in [0.25, 0.3) is 0 Å². The first-order chi connectivity index (χ1) is 21.7. The van der Waals surface area contributed by atoms with Crippen LogP contribution in [0.3, 0.4) is 0 Å². The maximum atomic E-state index is 13.9. The van der Waals surface area contributed by atoms with Crippen molar-refractivity contribution < 1.29 is 31.1 Å². The quantitative estimate of drug-likeness (QED) is 0.262. The molecule has 2 atom stereocenters. The number of carbonyl (C=O) groups is 1. The maximum Gasteiger partial charge on any atom is 0.421 e. The fourth-order valence-electron chi connectivity index (χ4n) is 6.09. The van der Waals surface area contributed by atoms with Gasteiger partial charge in [0.05, 0.1) is 24.7 Å². The van der Waals surface area contributed by atoms with Gasteiger partial charge in [-0.25, -0.2) is 13.4 Å². The molecule has 1 unspecified atom stereocenters. The van der Waals surface area contributed by atoms with Crippen LogP contribution < -0.4 is 25.0 Å². The average molecular weight is 662 g/mol. The van der Waals surface area contributed by atoms with E-state index in [0.29, 0.717) is 28.7 Å². The Kier molecular flexibility index (Phi) is 9.10. The van der Waals surface area contributed by atoms with Gasteiger partial charge in [0.1, 0.15) is 17.1 Å². The monoisotopic (exact) mass is 661 g/mol. The summed E-state index contributed by atoms with van der Waals surface area (Å²) in [5.74, 6) is -0.603. The molecule has 2 fully saturated rings. The van der Waals surface area contributed by atoms with E-state index in [-0.39, 0.29) is 35.7 Å². The molecule has 0 bridgehead atoms. The molecule has 1 aromatic heterocycles. The van der Waals surface area contributed by atoms with E-state index in [1.807, 2.05) is 0 Å². The molecule has 11 nitrogen and oxygen atoms in total. The first kappa shape index (κ1) is 33.3. The minimum atomic E-state index is -4.76. The minimum absolute atomic E-state index is 0.0479. The summed E-state index contributed by atoms with van der Waals surface area (Å²) in [6.45, 7) is 5.74. The third-order valence-corrected chi connectivity index (χ3v) is 9.92.